The van der Waals surface area contributed by atoms with E-state index >= 15 is 0 Å². The molecule has 6 nitrogen and oxygen atoms in total. The van der Waals surface area contributed by atoms with Crippen molar-refractivity contribution in [3.8, 4) is 0 Å². The second-order valence-electron chi connectivity index (χ2n) is 8.89. The van der Waals surface area contributed by atoms with Crippen LogP contribution < -0.4 is 10.2 Å². The zero-order valence-corrected chi connectivity index (χ0v) is 18.8. The van der Waals surface area contributed by atoms with Crippen LogP contribution in [0, 0.1) is 0 Å². The summed E-state index contributed by atoms with van der Waals surface area (Å²) in [6.45, 7) is 8.42. The van der Waals surface area contributed by atoms with E-state index < -0.39 is 5.60 Å². The zero-order valence-electron chi connectivity index (χ0n) is 18.8. The Morgan fingerprint density at radius 2 is 1.58 bits per heavy atom. The van der Waals surface area contributed by atoms with Gasteiger partial charge in [0, 0.05) is 44.0 Å². The SMILES string of the molecule is CC(C)(C)OC(=O)N1CCN(c2ccc(NC(=O)CCCc3ccccc3)cc2)CC1. The summed E-state index contributed by atoms with van der Waals surface area (Å²) in [6, 6.07) is 18.1. The highest BCUT2D eigenvalue weighted by atomic mass is 16.6. The van der Waals surface area contributed by atoms with Crippen LogP contribution in [0.15, 0.2) is 54.6 Å². The molecule has 31 heavy (non-hydrogen) atoms. The van der Waals surface area contributed by atoms with Crippen molar-refractivity contribution in [1.82, 2.24) is 4.90 Å². The van der Waals surface area contributed by atoms with Gasteiger partial charge in [-0.25, -0.2) is 4.79 Å². The lowest BCUT2D eigenvalue weighted by atomic mass is 10.1. The molecule has 166 valence electrons. The normalized spacial score (nSPS) is 14.3. The summed E-state index contributed by atoms with van der Waals surface area (Å²) >= 11 is 0. The molecule has 1 heterocycles. The first-order chi connectivity index (χ1) is 14.8. The van der Waals surface area contributed by atoms with Crippen LogP contribution in [0.2, 0.25) is 0 Å². The van der Waals surface area contributed by atoms with Gasteiger partial charge in [0.1, 0.15) is 5.60 Å². The van der Waals surface area contributed by atoms with Gasteiger partial charge in [-0.3, -0.25) is 4.79 Å². The Bertz CT molecular complexity index is 852. The number of rotatable bonds is 6. The molecule has 1 saturated heterocycles. The van der Waals surface area contributed by atoms with Crippen molar-refractivity contribution in [2.45, 2.75) is 45.6 Å². The Labute approximate surface area is 185 Å². The van der Waals surface area contributed by atoms with Gasteiger partial charge in [-0.2, -0.15) is 0 Å². The van der Waals surface area contributed by atoms with Crippen LogP contribution in [-0.2, 0) is 16.0 Å². The lowest BCUT2D eigenvalue weighted by molar-refractivity contribution is -0.116. The Hall–Kier alpha value is -3.02. The molecule has 0 unspecified atom stereocenters. The molecule has 3 rings (SSSR count). The highest BCUT2D eigenvalue weighted by Gasteiger charge is 2.25. The molecule has 0 spiro atoms. The minimum Gasteiger partial charge on any atom is -0.444 e. The first-order valence-electron chi connectivity index (χ1n) is 11.0. The first kappa shape index (κ1) is 22.7. The quantitative estimate of drug-likeness (QED) is 0.731. The molecule has 0 atom stereocenters. The number of nitrogens with one attached hydrogen (secondary N) is 1. The predicted molar refractivity (Wildman–Crippen MR) is 124 cm³/mol. The van der Waals surface area contributed by atoms with Crippen molar-refractivity contribution in [3.05, 3.63) is 60.2 Å². The third-order valence-electron chi connectivity index (χ3n) is 5.16. The zero-order chi connectivity index (χ0) is 22.3. The van der Waals surface area contributed by atoms with E-state index in [-0.39, 0.29) is 12.0 Å². The molecule has 1 fully saturated rings. The minimum atomic E-state index is -0.476. The number of anilines is 2. The van der Waals surface area contributed by atoms with Gasteiger partial charge in [0.25, 0.3) is 0 Å². The van der Waals surface area contributed by atoms with Gasteiger partial charge in [-0.1, -0.05) is 30.3 Å². The van der Waals surface area contributed by atoms with Crippen LogP contribution in [0.5, 0.6) is 0 Å². The maximum Gasteiger partial charge on any atom is 0.410 e. The number of carbonyl (C=O) groups is 2. The van der Waals surface area contributed by atoms with Gasteiger partial charge in [0.15, 0.2) is 0 Å². The standard InChI is InChI=1S/C25H33N3O3/c1-25(2,3)31-24(30)28-18-16-27(17-19-28)22-14-12-21(13-15-22)26-23(29)11-7-10-20-8-5-4-6-9-20/h4-6,8-9,12-15H,7,10-11,16-19H2,1-3H3,(H,26,29). The monoisotopic (exact) mass is 423 g/mol. The molecule has 2 amide bonds. The molecule has 0 aliphatic carbocycles. The van der Waals surface area contributed by atoms with Gasteiger partial charge in [-0.15, -0.1) is 0 Å². The fraction of sp³-hybridized carbons (Fsp3) is 0.440. The molecule has 0 bridgehead atoms. The van der Waals surface area contributed by atoms with Crippen LogP contribution in [0.1, 0.15) is 39.2 Å². The molecule has 1 aliphatic rings. The second-order valence-corrected chi connectivity index (χ2v) is 8.89. The average Bonchev–Trinajstić information content (AvgIpc) is 2.74. The van der Waals surface area contributed by atoms with Gasteiger partial charge in [0.05, 0.1) is 0 Å². The Morgan fingerprint density at radius 1 is 0.935 bits per heavy atom. The lowest BCUT2D eigenvalue weighted by Crippen LogP contribution is -2.50. The van der Waals surface area contributed by atoms with Gasteiger partial charge in [-0.05, 0) is 63.4 Å². The number of benzene rings is 2. The van der Waals surface area contributed by atoms with E-state index in [1.807, 2.05) is 63.2 Å². The number of carbonyl (C=O) groups excluding carboxylic acids is 2. The summed E-state index contributed by atoms with van der Waals surface area (Å²) < 4.78 is 5.45. The average molecular weight is 424 g/mol. The molecule has 0 saturated carbocycles. The molecule has 0 radical (unpaired) electrons. The minimum absolute atomic E-state index is 0.0367. The molecule has 0 aromatic heterocycles. The number of nitrogens with zero attached hydrogens (tertiary/aromatic N) is 2. The van der Waals surface area contributed by atoms with Crippen LogP contribution in [-0.4, -0.2) is 48.7 Å². The largest absolute Gasteiger partial charge is 0.444 e. The van der Waals surface area contributed by atoms with E-state index in [9.17, 15) is 9.59 Å². The molecule has 2 aromatic carbocycles. The summed E-state index contributed by atoms with van der Waals surface area (Å²) in [6.07, 6.45) is 1.99. The second kappa shape index (κ2) is 10.3. The smallest absolute Gasteiger partial charge is 0.410 e. The molecule has 2 aromatic rings. The van der Waals surface area contributed by atoms with Crippen molar-refractivity contribution in [1.29, 1.82) is 0 Å². The third kappa shape index (κ3) is 7.31. The molecular weight excluding hydrogens is 390 g/mol. The van der Waals surface area contributed by atoms with Crippen LogP contribution in [0.3, 0.4) is 0 Å². The maximum absolute atomic E-state index is 12.2. The maximum atomic E-state index is 12.2. The van der Waals surface area contributed by atoms with Crippen LogP contribution in [0.4, 0.5) is 16.2 Å². The van der Waals surface area contributed by atoms with Gasteiger partial charge in [0.2, 0.25) is 5.91 Å². The van der Waals surface area contributed by atoms with Gasteiger partial charge >= 0.3 is 6.09 Å². The Balaban J connectivity index is 1.42. The Kier molecular flexibility index (Phi) is 7.55. The fourth-order valence-corrected chi connectivity index (χ4v) is 3.55. The van der Waals surface area contributed by atoms with Crippen molar-refractivity contribution in [2.75, 3.05) is 36.4 Å². The van der Waals surface area contributed by atoms with E-state index in [0.29, 0.717) is 19.5 Å². The number of aryl methyl sites for hydroxylation is 1. The summed E-state index contributed by atoms with van der Waals surface area (Å²) in [5.41, 5.74) is 2.67. The Morgan fingerprint density at radius 3 is 2.19 bits per heavy atom. The molecule has 6 heteroatoms. The van der Waals surface area contributed by atoms with Crippen molar-refractivity contribution in [2.24, 2.45) is 0 Å². The van der Waals surface area contributed by atoms with Gasteiger partial charge < -0.3 is 19.9 Å². The molecule has 1 N–H and O–H groups in total. The number of amides is 2. The van der Waals surface area contributed by atoms with Crippen LogP contribution >= 0.6 is 0 Å². The van der Waals surface area contributed by atoms with Crippen molar-refractivity contribution < 1.29 is 14.3 Å². The van der Waals surface area contributed by atoms with E-state index in [1.165, 1.54) is 5.56 Å². The van der Waals surface area contributed by atoms with Crippen LogP contribution in [0.25, 0.3) is 0 Å². The van der Waals surface area contributed by atoms with E-state index in [0.717, 1.165) is 37.3 Å². The fourth-order valence-electron chi connectivity index (χ4n) is 3.55. The highest BCUT2D eigenvalue weighted by Crippen LogP contribution is 2.21. The number of piperazine rings is 1. The molecule has 1 aliphatic heterocycles. The van der Waals surface area contributed by atoms with Crippen molar-refractivity contribution in [3.63, 3.8) is 0 Å². The van der Waals surface area contributed by atoms with E-state index in [1.54, 1.807) is 4.90 Å². The first-order valence-corrected chi connectivity index (χ1v) is 11.0. The topological polar surface area (TPSA) is 61.9 Å². The number of hydrogen-bond donors (Lipinski definition) is 1. The van der Waals surface area contributed by atoms with E-state index in [2.05, 4.69) is 22.3 Å². The summed E-state index contributed by atoms with van der Waals surface area (Å²) in [4.78, 5) is 28.4. The highest BCUT2D eigenvalue weighted by molar-refractivity contribution is 5.90. The van der Waals surface area contributed by atoms with Crippen molar-refractivity contribution >= 4 is 23.4 Å². The predicted octanol–water partition coefficient (Wildman–Crippen LogP) is 4.71. The summed E-state index contributed by atoms with van der Waals surface area (Å²) in [7, 11) is 0. The summed E-state index contributed by atoms with van der Waals surface area (Å²) in [5.74, 6) is 0.0367. The third-order valence-corrected chi connectivity index (χ3v) is 5.16. The molecular formula is C25H33N3O3. The number of ether oxygens (including phenoxy) is 1. The van der Waals surface area contributed by atoms with E-state index in [4.69, 9.17) is 4.74 Å². The number of hydrogen-bond acceptors (Lipinski definition) is 4. The lowest BCUT2D eigenvalue weighted by Gasteiger charge is -2.36. The summed E-state index contributed by atoms with van der Waals surface area (Å²) in [5, 5.41) is 2.98.